The fraction of sp³-hybridized carbons (Fsp3) is 0.182. The Bertz CT molecular complexity index is 974. The van der Waals surface area contributed by atoms with Gasteiger partial charge in [-0.15, -0.1) is 0 Å². The molecule has 150 valence electrons. The van der Waals surface area contributed by atoms with Crippen molar-refractivity contribution in [2.24, 2.45) is 0 Å². The molecule has 0 aliphatic rings. The first-order valence-electron chi connectivity index (χ1n) is 8.99. The first kappa shape index (κ1) is 20.0. The number of carbonyl (C=O) groups is 1. The molecule has 0 fully saturated rings. The molecule has 1 heterocycles. The van der Waals surface area contributed by atoms with Crippen molar-refractivity contribution in [2.45, 2.75) is 6.54 Å². The molecule has 0 unspecified atom stereocenters. The van der Waals surface area contributed by atoms with Crippen LogP contribution in [0.5, 0.6) is 17.2 Å². The monoisotopic (exact) mass is 393 g/mol. The Balaban J connectivity index is 1.66. The Labute approximate surface area is 169 Å². The zero-order valence-corrected chi connectivity index (χ0v) is 16.6. The number of benzene rings is 2. The predicted octanol–water partition coefficient (Wildman–Crippen LogP) is 3.97. The van der Waals surface area contributed by atoms with Gasteiger partial charge in [0.15, 0.2) is 0 Å². The van der Waals surface area contributed by atoms with E-state index in [1.54, 1.807) is 51.7 Å². The number of rotatable bonds is 8. The summed E-state index contributed by atoms with van der Waals surface area (Å²) in [5.74, 6) is 2.34. The lowest BCUT2D eigenvalue weighted by atomic mass is 10.2. The quantitative estimate of drug-likeness (QED) is 0.603. The maximum absolute atomic E-state index is 12.6. The topological polar surface area (TPSA) is 81.7 Å². The number of aromatic nitrogens is 1. The molecule has 0 saturated carbocycles. The van der Waals surface area contributed by atoms with Crippen LogP contribution < -0.4 is 24.8 Å². The predicted molar refractivity (Wildman–Crippen MR) is 112 cm³/mol. The summed E-state index contributed by atoms with van der Waals surface area (Å²) in [7, 11) is 4.75. The van der Waals surface area contributed by atoms with Crippen LogP contribution in [0.15, 0.2) is 60.8 Å². The van der Waals surface area contributed by atoms with Crippen molar-refractivity contribution in [3.05, 3.63) is 71.9 Å². The standard InChI is InChI=1S/C22H23N3O4/c1-27-17-9-10-20(29-3)18(12-17)25-22(26)16-8-11-21(24-14-16)23-13-15-6-4-5-7-19(15)28-2/h4-12,14H,13H2,1-3H3,(H,23,24)(H,25,26). The zero-order chi connectivity index (χ0) is 20.6. The number of hydrogen-bond donors (Lipinski definition) is 2. The second-order valence-corrected chi connectivity index (χ2v) is 6.12. The van der Waals surface area contributed by atoms with E-state index in [1.165, 1.54) is 6.20 Å². The summed E-state index contributed by atoms with van der Waals surface area (Å²) in [6.45, 7) is 0.559. The molecular formula is C22H23N3O4. The molecule has 1 aromatic heterocycles. The second kappa shape index (κ2) is 9.45. The summed E-state index contributed by atoms with van der Waals surface area (Å²) in [5.41, 5.74) is 1.97. The molecule has 0 spiro atoms. The van der Waals surface area contributed by atoms with Crippen LogP contribution in [0.25, 0.3) is 0 Å². The van der Waals surface area contributed by atoms with Gasteiger partial charge in [-0.2, -0.15) is 0 Å². The van der Waals surface area contributed by atoms with E-state index in [-0.39, 0.29) is 5.91 Å². The molecule has 2 aromatic carbocycles. The third-order valence-corrected chi connectivity index (χ3v) is 4.33. The van der Waals surface area contributed by atoms with E-state index >= 15 is 0 Å². The fourth-order valence-electron chi connectivity index (χ4n) is 2.77. The molecule has 3 rings (SSSR count). The van der Waals surface area contributed by atoms with Crippen LogP contribution in [-0.4, -0.2) is 32.2 Å². The summed E-state index contributed by atoms with van der Waals surface area (Å²) in [5, 5.41) is 6.05. The van der Waals surface area contributed by atoms with E-state index < -0.39 is 0 Å². The number of nitrogens with one attached hydrogen (secondary N) is 2. The van der Waals surface area contributed by atoms with E-state index in [4.69, 9.17) is 14.2 Å². The average Bonchev–Trinajstić information content (AvgIpc) is 2.78. The van der Waals surface area contributed by atoms with Gasteiger partial charge in [0.05, 0.1) is 32.6 Å². The first-order valence-corrected chi connectivity index (χ1v) is 8.99. The second-order valence-electron chi connectivity index (χ2n) is 6.12. The van der Waals surface area contributed by atoms with Crippen LogP contribution in [0.1, 0.15) is 15.9 Å². The SMILES string of the molecule is COc1ccc(OC)c(NC(=O)c2ccc(NCc3ccccc3OC)nc2)c1. The number of anilines is 2. The van der Waals surface area contributed by atoms with Gasteiger partial charge in [-0.25, -0.2) is 4.98 Å². The molecule has 7 nitrogen and oxygen atoms in total. The normalized spacial score (nSPS) is 10.2. The molecule has 0 atom stereocenters. The average molecular weight is 393 g/mol. The summed E-state index contributed by atoms with van der Waals surface area (Å²) < 4.78 is 15.8. The third kappa shape index (κ3) is 4.95. The minimum absolute atomic E-state index is 0.291. The molecular weight excluding hydrogens is 370 g/mol. The third-order valence-electron chi connectivity index (χ3n) is 4.33. The highest BCUT2D eigenvalue weighted by Gasteiger charge is 2.12. The molecule has 7 heteroatoms. The lowest BCUT2D eigenvalue weighted by molar-refractivity contribution is 0.102. The molecule has 1 amide bonds. The van der Waals surface area contributed by atoms with E-state index in [9.17, 15) is 4.79 Å². The zero-order valence-electron chi connectivity index (χ0n) is 16.6. The molecule has 0 radical (unpaired) electrons. The van der Waals surface area contributed by atoms with Crippen LogP contribution in [-0.2, 0) is 6.54 Å². The number of nitrogens with zero attached hydrogens (tertiary/aromatic N) is 1. The van der Waals surface area contributed by atoms with Crippen molar-refractivity contribution >= 4 is 17.4 Å². The van der Waals surface area contributed by atoms with Gasteiger partial charge in [-0.05, 0) is 30.3 Å². The van der Waals surface area contributed by atoms with E-state index in [0.29, 0.717) is 35.1 Å². The van der Waals surface area contributed by atoms with E-state index in [1.807, 2.05) is 24.3 Å². The van der Waals surface area contributed by atoms with E-state index in [0.717, 1.165) is 11.3 Å². The number of ether oxygens (including phenoxy) is 3. The number of methoxy groups -OCH3 is 3. The highest BCUT2D eigenvalue weighted by molar-refractivity contribution is 6.05. The number of carbonyl (C=O) groups excluding carboxylic acids is 1. The van der Waals surface area contributed by atoms with Crippen LogP contribution in [0.2, 0.25) is 0 Å². The molecule has 0 bridgehead atoms. The van der Waals surface area contributed by atoms with Crippen molar-refractivity contribution in [3.63, 3.8) is 0 Å². The van der Waals surface area contributed by atoms with Crippen molar-refractivity contribution in [2.75, 3.05) is 32.0 Å². The molecule has 0 saturated heterocycles. The largest absolute Gasteiger partial charge is 0.497 e. The number of amides is 1. The highest BCUT2D eigenvalue weighted by atomic mass is 16.5. The minimum Gasteiger partial charge on any atom is -0.497 e. The van der Waals surface area contributed by atoms with Gasteiger partial charge in [0.25, 0.3) is 5.91 Å². The summed E-state index contributed by atoms with van der Waals surface area (Å²) in [6, 6.07) is 16.4. The van der Waals surface area contributed by atoms with Crippen molar-refractivity contribution in [1.82, 2.24) is 4.98 Å². The minimum atomic E-state index is -0.291. The highest BCUT2D eigenvalue weighted by Crippen LogP contribution is 2.29. The Morgan fingerprint density at radius 1 is 0.931 bits per heavy atom. The van der Waals surface area contributed by atoms with Gasteiger partial charge in [-0.1, -0.05) is 18.2 Å². The van der Waals surface area contributed by atoms with Gasteiger partial charge in [-0.3, -0.25) is 4.79 Å². The number of pyridine rings is 1. The molecule has 29 heavy (non-hydrogen) atoms. The Hall–Kier alpha value is -3.74. The Kier molecular flexibility index (Phi) is 6.52. The first-order chi connectivity index (χ1) is 14.1. The van der Waals surface area contributed by atoms with Gasteiger partial charge in [0, 0.05) is 24.4 Å². The Morgan fingerprint density at radius 2 is 1.72 bits per heavy atom. The number of hydrogen-bond acceptors (Lipinski definition) is 6. The summed E-state index contributed by atoms with van der Waals surface area (Å²) in [6.07, 6.45) is 1.52. The van der Waals surface area contributed by atoms with Gasteiger partial charge < -0.3 is 24.8 Å². The molecule has 0 aliphatic heterocycles. The van der Waals surface area contributed by atoms with Crippen LogP contribution in [0.3, 0.4) is 0 Å². The van der Waals surface area contributed by atoms with E-state index in [2.05, 4.69) is 15.6 Å². The smallest absolute Gasteiger partial charge is 0.257 e. The lowest BCUT2D eigenvalue weighted by Crippen LogP contribution is -2.13. The van der Waals surface area contributed by atoms with Crippen LogP contribution >= 0.6 is 0 Å². The Morgan fingerprint density at radius 3 is 2.41 bits per heavy atom. The van der Waals surface area contributed by atoms with Gasteiger partial charge >= 0.3 is 0 Å². The van der Waals surface area contributed by atoms with Crippen LogP contribution in [0.4, 0.5) is 11.5 Å². The fourth-order valence-corrected chi connectivity index (χ4v) is 2.77. The van der Waals surface area contributed by atoms with Crippen LogP contribution in [0, 0.1) is 0 Å². The molecule has 0 aliphatic carbocycles. The summed E-state index contributed by atoms with van der Waals surface area (Å²) in [4.78, 5) is 16.9. The van der Waals surface area contributed by atoms with Crippen molar-refractivity contribution < 1.29 is 19.0 Å². The maximum atomic E-state index is 12.6. The maximum Gasteiger partial charge on any atom is 0.257 e. The molecule has 3 aromatic rings. The van der Waals surface area contributed by atoms with Crippen molar-refractivity contribution in [1.29, 1.82) is 0 Å². The summed E-state index contributed by atoms with van der Waals surface area (Å²) >= 11 is 0. The van der Waals surface area contributed by atoms with Gasteiger partial charge in [0.1, 0.15) is 23.1 Å². The lowest BCUT2D eigenvalue weighted by Gasteiger charge is -2.12. The van der Waals surface area contributed by atoms with Gasteiger partial charge in [0.2, 0.25) is 0 Å². The molecule has 2 N–H and O–H groups in total. The number of para-hydroxylation sites is 1. The van der Waals surface area contributed by atoms with Crippen molar-refractivity contribution in [3.8, 4) is 17.2 Å².